The molecule has 13 heteroatoms. The van der Waals surface area contributed by atoms with Crippen molar-refractivity contribution >= 4 is 11.8 Å². The van der Waals surface area contributed by atoms with Crippen molar-refractivity contribution in [1.82, 2.24) is 44.7 Å². The lowest BCUT2D eigenvalue weighted by Crippen LogP contribution is -2.25. The van der Waals surface area contributed by atoms with Gasteiger partial charge in [-0.3, -0.25) is 19.7 Å². The molecule has 1 amide bonds. The lowest BCUT2D eigenvalue weighted by atomic mass is 10.1. The maximum Gasteiger partial charge on any atom is 0.409 e. The Balaban J connectivity index is 1.32. The van der Waals surface area contributed by atoms with Gasteiger partial charge in [0.15, 0.2) is 0 Å². The normalized spacial score (nSPS) is 14.5. The quantitative estimate of drug-likeness (QED) is 0.331. The molecule has 4 aromatic heterocycles. The number of carboxylic acid groups (broad SMARTS) is 1. The Labute approximate surface area is 208 Å². The smallest absolute Gasteiger partial charge is 0.409 e. The van der Waals surface area contributed by atoms with E-state index in [1.54, 1.807) is 27.6 Å². The monoisotopic (exact) mass is 496 g/mol. The van der Waals surface area contributed by atoms with Crippen molar-refractivity contribution in [3.8, 4) is 28.3 Å². The van der Waals surface area contributed by atoms with E-state index in [9.17, 15) is 9.59 Å². The van der Waals surface area contributed by atoms with Gasteiger partial charge in [0, 0.05) is 18.1 Å². The summed E-state index contributed by atoms with van der Waals surface area (Å²) in [6.45, 7) is 1.97. The van der Waals surface area contributed by atoms with Gasteiger partial charge < -0.3 is 10.1 Å². The highest BCUT2D eigenvalue weighted by molar-refractivity contribution is 5.82. The van der Waals surface area contributed by atoms with Gasteiger partial charge in [0.1, 0.15) is 18.0 Å². The van der Waals surface area contributed by atoms with Crippen molar-refractivity contribution in [2.24, 2.45) is 0 Å². The molecule has 0 saturated heterocycles. The number of aromatic nitrogens is 9. The summed E-state index contributed by atoms with van der Waals surface area (Å²) in [6.07, 6.45) is 4.71. The molecule has 37 heavy (non-hydrogen) atoms. The number of benzene rings is 1. The van der Waals surface area contributed by atoms with E-state index in [4.69, 9.17) is 10.1 Å². The fourth-order valence-electron chi connectivity index (χ4n) is 4.55. The van der Waals surface area contributed by atoms with Crippen LogP contribution in [-0.4, -0.2) is 55.9 Å². The number of tetrazole rings is 1. The largest absolute Gasteiger partial charge is 0.465 e. The summed E-state index contributed by atoms with van der Waals surface area (Å²) in [5.41, 5.74) is 4.54. The molecule has 0 radical (unpaired) electrons. The summed E-state index contributed by atoms with van der Waals surface area (Å²) in [5, 5.41) is 22.5. The summed E-state index contributed by atoms with van der Waals surface area (Å²) in [6, 6.07) is 10.4. The van der Waals surface area contributed by atoms with E-state index in [-0.39, 0.29) is 11.6 Å². The number of imidazole rings is 1. The first-order valence-electron chi connectivity index (χ1n) is 11.4. The van der Waals surface area contributed by atoms with E-state index in [2.05, 4.69) is 35.8 Å². The zero-order chi connectivity index (χ0) is 25.5. The molecule has 1 aromatic carbocycles. The fourth-order valence-corrected chi connectivity index (χ4v) is 4.55. The highest BCUT2D eigenvalue weighted by atomic mass is 16.4. The average Bonchev–Trinajstić information content (AvgIpc) is 3.65. The Morgan fingerprint density at radius 2 is 2.03 bits per heavy atom. The van der Waals surface area contributed by atoms with Crippen LogP contribution in [0.5, 0.6) is 0 Å². The van der Waals surface area contributed by atoms with Gasteiger partial charge in [-0.05, 0) is 48.0 Å². The van der Waals surface area contributed by atoms with Crippen LogP contribution in [0.25, 0.3) is 28.3 Å². The van der Waals surface area contributed by atoms with Gasteiger partial charge >= 0.3 is 6.09 Å². The Bertz CT molecular complexity index is 1670. The number of aromatic amines is 1. The summed E-state index contributed by atoms with van der Waals surface area (Å²) in [4.78, 5) is 41.0. The van der Waals surface area contributed by atoms with E-state index in [0.29, 0.717) is 47.3 Å². The van der Waals surface area contributed by atoms with E-state index in [1.807, 2.05) is 25.1 Å². The van der Waals surface area contributed by atoms with E-state index < -0.39 is 6.09 Å². The SMILES string of the molecule is Cc1ccc(-n2cnnn2)c(-c2cc(=O)n3c(n2)CC[C@H]3c2ncc(-c3ccc(NC(=O)O)cn3)[nH]2)c1. The van der Waals surface area contributed by atoms with Crippen LogP contribution in [0.15, 0.2) is 59.9 Å². The first-order valence-corrected chi connectivity index (χ1v) is 11.4. The molecule has 5 aromatic rings. The number of hydrogen-bond donors (Lipinski definition) is 3. The van der Waals surface area contributed by atoms with Gasteiger partial charge in [-0.2, -0.15) is 4.68 Å². The first kappa shape index (κ1) is 22.3. The number of nitrogens with one attached hydrogen (secondary N) is 2. The van der Waals surface area contributed by atoms with Gasteiger partial charge in [0.2, 0.25) is 0 Å². The molecule has 1 aliphatic heterocycles. The molecule has 5 heterocycles. The number of hydrogen-bond acceptors (Lipinski definition) is 8. The zero-order valence-electron chi connectivity index (χ0n) is 19.5. The van der Waals surface area contributed by atoms with Crippen LogP contribution < -0.4 is 10.9 Å². The second-order valence-corrected chi connectivity index (χ2v) is 8.64. The molecule has 0 saturated carbocycles. The number of amides is 1. The molecule has 1 aliphatic rings. The van der Waals surface area contributed by atoms with Crippen molar-refractivity contribution in [3.05, 3.63) is 82.7 Å². The van der Waals surface area contributed by atoms with Gasteiger partial charge in [0.25, 0.3) is 5.56 Å². The third kappa shape index (κ3) is 4.11. The van der Waals surface area contributed by atoms with Crippen molar-refractivity contribution in [2.45, 2.75) is 25.8 Å². The first-order chi connectivity index (χ1) is 18.0. The van der Waals surface area contributed by atoms with Gasteiger partial charge in [0.05, 0.1) is 46.9 Å². The van der Waals surface area contributed by atoms with E-state index in [0.717, 1.165) is 16.8 Å². The highest BCUT2D eigenvalue weighted by Crippen LogP contribution is 2.31. The molecule has 0 fully saturated rings. The number of fused-ring (bicyclic) bond motifs is 1. The minimum absolute atomic E-state index is 0.174. The summed E-state index contributed by atoms with van der Waals surface area (Å²) >= 11 is 0. The standard InChI is InChI=1S/C24H20N10O3/c1-13-2-5-19(33-12-27-31-32-33)15(8-13)17-9-22(35)34-20(6-7-21(34)29-17)23-26-11-18(30-23)16-4-3-14(10-25-16)28-24(36)37/h2-5,8-12,20,28H,6-7H2,1H3,(H,26,30)(H,36,37)/t20-/m0/s1. The molecule has 13 nitrogen and oxygen atoms in total. The van der Waals surface area contributed by atoms with E-state index >= 15 is 0 Å². The van der Waals surface area contributed by atoms with Crippen LogP contribution in [0.2, 0.25) is 0 Å². The number of anilines is 1. The minimum Gasteiger partial charge on any atom is -0.465 e. The molecule has 0 spiro atoms. The summed E-state index contributed by atoms with van der Waals surface area (Å²) in [5.74, 6) is 1.31. The Kier molecular flexibility index (Phi) is 5.29. The Hall–Kier alpha value is -5.20. The van der Waals surface area contributed by atoms with Crippen LogP contribution in [-0.2, 0) is 6.42 Å². The highest BCUT2D eigenvalue weighted by Gasteiger charge is 2.29. The molecule has 1 atom stereocenters. The zero-order valence-corrected chi connectivity index (χ0v) is 19.5. The fraction of sp³-hybridized carbons (Fsp3) is 0.167. The Morgan fingerprint density at radius 1 is 1.14 bits per heavy atom. The predicted octanol–water partition coefficient (Wildman–Crippen LogP) is 2.61. The number of aryl methyl sites for hydroxylation is 2. The maximum atomic E-state index is 13.3. The molecule has 3 N–H and O–H groups in total. The van der Waals surface area contributed by atoms with Crippen molar-refractivity contribution in [1.29, 1.82) is 0 Å². The molecule has 0 bridgehead atoms. The summed E-state index contributed by atoms with van der Waals surface area (Å²) < 4.78 is 3.22. The molecule has 6 rings (SSSR count). The molecule has 0 unspecified atom stereocenters. The van der Waals surface area contributed by atoms with Crippen LogP contribution in [0.4, 0.5) is 10.5 Å². The number of pyridine rings is 1. The molecular formula is C24H20N10O3. The molecule has 184 valence electrons. The second-order valence-electron chi connectivity index (χ2n) is 8.64. The van der Waals surface area contributed by atoms with Crippen LogP contribution >= 0.6 is 0 Å². The van der Waals surface area contributed by atoms with E-state index in [1.165, 1.54) is 18.6 Å². The molecule has 0 aliphatic carbocycles. The Morgan fingerprint density at radius 3 is 2.78 bits per heavy atom. The molecular weight excluding hydrogens is 476 g/mol. The third-order valence-electron chi connectivity index (χ3n) is 6.20. The lowest BCUT2D eigenvalue weighted by molar-refractivity contribution is 0.209. The number of carbonyl (C=O) groups is 1. The number of rotatable bonds is 5. The second kappa shape index (κ2) is 8.78. The van der Waals surface area contributed by atoms with Crippen molar-refractivity contribution in [3.63, 3.8) is 0 Å². The maximum absolute atomic E-state index is 13.3. The number of H-pyrrole nitrogens is 1. The van der Waals surface area contributed by atoms with Crippen LogP contribution in [0, 0.1) is 6.92 Å². The van der Waals surface area contributed by atoms with Gasteiger partial charge in [-0.25, -0.2) is 14.8 Å². The van der Waals surface area contributed by atoms with Gasteiger partial charge in [-0.1, -0.05) is 11.6 Å². The van der Waals surface area contributed by atoms with Crippen molar-refractivity contribution in [2.75, 3.05) is 5.32 Å². The predicted molar refractivity (Wildman–Crippen MR) is 131 cm³/mol. The lowest BCUT2D eigenvalue weighted by Gasteiger charge is -2.14. The van der Waals surface area contributed by atoms with Crippen LogP contribution in [0.1, 0.15) is 29.7 Å². The average molecular weight is 496 g/mol. The topological polar surface area (TPSA) is 169 Å². The summed E-state index contributed by atoms with van der Waals surface area (Å²) in [7, 11) is 0. The minimum atomic E-state index is -1.16. The van der Waals surface area contributed by atoms with Crippen LogP contribution in [0.3, 0.4) is 0 Å². The number of nitrogens with zero attached hydrogens (tertiary/aromatic N) is 8. The third-order valence-corrected chi connectivity index (χ3v) is 6.20. The van der Waals surface area contributed by atoms with Crippen molar-refractivity contribution < 1.29 is 9.90 Å². The van der Waals surface area contributed by atoms with Gasteiger partial charge in [-0.15, -0.1) is 5.10 Å².